The first-order valence-electron chi connectivity index (χ1n) is 7.83. The summed E-state index contributed by atoms with van der Waals surface area (Å²) >= 11 is 12.4. The van der Waals surface area contributed by atoms with Gasteiger partial charge < -0.3 is 10.0 Å². The number of aliphatic hydroxyl groups is 1. The number of nitrogens with zero attached hydrogens (tertiary/aromatic N) is 1. The lowest BCUT2D eigenvalue weighted by Gasteiger charge is -2.44. The highest BCUT2D eigenvalue weighted by Crippen LogP contribution is 2.49. The molecule has 21 heavy (non-hydrogen) atoms. The Morgan fingerprint density at radius 1 is 1.14 bits per heavy atom. The molecule has 1 aliphatic heterocycles. The van der Waals surface area contributed by atoms with E-state index in [9.17, 15) is 5.11 Å². The van der Waals surface area contributed by atoms with Crippen molar-refractivity contribution in [1.29, 1.82) is 0 Å². The zero-order valence-corrected chi connectivity index (χ0v) is 14.0. The molecule has 1 saturated carbocycles. The summed E-state index contributed by atoms with van der Waals surface area (Å²) in [7, 11) is 2.19. The molecular formula is C17H23Cl2NO. The molecule has 3 rings (SSSR count). The fourth-order valence-corrected chi connectivity index (χ4v) is 4.54. The number of aliphatic hydroxyl groups excluding tert-OH is 1. The number of halogens is 2. The number of rotatable bonds is 2. The molecule has 1 aliphatic carbocycles. The summed E-state index contributed by atoms with van der Waals surface area (Å²) in [6.45, 7) is 2.30. The standard InChI is InChI=1S/C17H23Cl2NO/c1-20-9-6-13(11-20)17(7-4-14(21)5-8-17)12-2-3-15(18)16(19)10-12/h2-3,10,13-14,21H,4-9,11H2,1H3/t13-,14-,17-/m1/s1. The Kier molecular flexibility index (Phi) is 4.52. The van der Waals surface area contributed by atoms with Crippen LogP contribution in [-0.4, -0.2) is 36.2 Å². The summed E-state index contributed by atoms with van der Waals surface area (Å²) in [5.74, 6) is 0.646. The molecule has 0 bridgehead atoms. The van der Waals surface area contributed by atoms with Crippen molar-refractivity contribution in [2.45, 2.75) is 43.6 Å². The highest BCUT2D eigenvalue weighted by Gasteiger charge is 2.45. The van der Waals surface area contributed by atoms with E-state index < -0.39 is 0 Å². The lowest BCUT2D eigenvalue weighted by molar-refractivity contribution is 0.0725. The van der Waals surface area contributed by atoms with Gasteiger partial charge in [-0.15, -0.1) is 0 Å². The Morgan fingerprint density at radius 3 is 2.43 bits per heavy atom. The van der Waals surface area contributed by atoms with Crippen molar-refractivity contribution < 1.29 is 5.11 Å². The average molecular weight is 328 g/mol. The summed E-state index contributed by atoms with van der Waals surface area (Å²) in [6, 6.07) is 6.12. The minimum absolute atomic E-state index is 0.139. The van der Waals surface area contributed by atoms with E-state index in [1.54, 1.807) is 0 Å². The van der Waals surface area contributed by atoms with Crippen molar-refractivity contribution >= 4 is 23.2 Å². The predicted molar refractivity (Wildman–Crippen MR) is 88.2 cm³/mol. The second-order valence-electron chi connectivity index (χ2n) is 6.76. The van der Waals surface area contributed by atoms with Crippen LogP contribution in [0.2, 0.25) is 10.0 Å². The maximum absolute atomic E-state index is 9.92. The normalized spacial score (nSPS) is 34.3. The topological polar surface area (TPSA) is 23.5 Å². The van der Waals surface area contributed by atoms with Crippen molar-refractivity contribution in [2.24, 2.45) is 5.92 Å². The van der Waals surface area contributed by atoms with E-state index in [1.165, 1.54) is 12.0 Å². The molecule has 1 heterocycles. The molecule has 0 radical (unpaired) electrons. The molecule has 2 fully saturated rings. The third kappa shape index (κ3) is 2.96. The molecule has 0 unspecified atom stereocenters. The van der Waals surface area contributed by atoms with Crippen LogP contribution in [0.15, 0.2) is 18.2 Å². The van der Waals surface area contributed by atoms with E-state index >= 15 is 0 Å². The van der Waals surface area contributed by atoms with Crippen LogP contribution in [0.5, 0.6) is 0 Å². The maximum atomic E-state index is 9.92. The third-order valence-corrected chi connectivity index (χ3v) is 6.25. The molecule has 1 N–H and O–H groups in total. The Bertz CT molecular complexity index is 512. The molecule has 116 valence electrons. The predicted octanol–water partition coefficient (Wildman–Crippen LogP) is 4.12. The summed E-state index contributed by atoms with van der Waals surface area (Å²) in [6.07, 6.45) is 4.96. The van der Waals surface area contributed by atoms with Gasteiger partial charge in [-0.05, 0) is 74.7 Å². The van der Waals surface area contributed by atoms with Gasteiger partial charge in [0.25, 0.3) is 0 Å². The van der Waals surface area contributed by atoms with Crippen molar-refractivity contribution in [2.75, 3.05) is 20.1 Å². The Hall–Kier alpha value is -0.280. The number of benzene rings is 1. The van der Waals surface area contributed by atoms with Gasteiger partial charge in [0, 0.05) is 6.54 Å². The Labute approximate surface area is 137 Å². The van der Waals surface area contributed by atoms with Gasteiger partial charge in [0.2, 0.25) is 0 Å². The van der Waals surface area contributed by atoms with Gasteiger partial charge in [-0.25, -0.2) is 0 Å². The first kappa shape index (κ1) is 15.6. The summed E-state index contributed by atoms with van der Waals surface area (Å²) in [4.78, 5) is 2.41. The van der Waals surface area contributed by atoms with Crippen LogP contribution in [0, 0.1) is 5.92 Å². The molecule has 1 aromatic rings. The highest BCUT2D eigenvalue weighted by molar-refractivity contribution is 6.42. The van der Waals surface area contributed by atoms with Crippen LogP contribution in [0.1, 0.15) is 37.7 Å². The minimum atomic E-state index is -0.139. The quantitative estimate of drug-likeness (QED) is 0.883. The molecule has 1 atom stereocenters. The largest absolute Gasteiger partial charge is 0.393 e. The van der Waals surface area contributed by atoms with Crippen molar-refractivity contribution in [1.82, 2.24) is 4.90 Å². The van der Waals surface area contributed by atoms with E-state index in [0.717, 1.165) is 38.8 Å². The van der Waals surface area contributed by atoms with E-state index in [1.807, 2.05) is 6.07 Å². The SMILES string of the molecule is CN1CC[C@@H]([C@]2(c3ccc(Cl)c(Cl)c3)CC[C@@H](O)CC2)C1. The molecule has 4 heteroatoms. The zero-order valence-electron chi connectivity index (χ0n) is 12.5. The molecule has 0 spiro atoms. The van der Waals surface area contributed by atoms with Crippen LogP contribution in [0.25, 0.3) is 0 Å². The summed E-state index contributed by atoms with van der Waals surface area (Å²) in [5, 5.41) is 11.2. The molecule has 2 nitrogen and oxygen atoms in total. The van der Waals surface area contributed by atoms with Gasteiger partial charge in [0.15, 0.2) is 0 Å². The van der Waals surface area contributed by atoms with Crippen LogP contribution in [0.4, 0.5) is 0 Å². The van der Waals surface area contributed by atoms with Crippen molar-refractivity contribution in [3.63, 3.8) is 0 Å². The Balaban J connectivity index is 1.97. The van der Waals surface area contributed by atoms with Gasteiger partial charge >= 0.3 is 0 Å². The summed E-state index contributed by atoms with van der Waals surface area (Å²) in [5.41, 5.74) is 1.46. The van der Waals surface area contributed by atoms with Crippen LogP contribution in [-0.2, 0) is 5.41 Å². The van der Waals surface area contributed by atoms with Gasteiger partial charge in [-0.1, -0.05) is 29.3 Å². The molecule has 1 saturated heterocycles. The van der Waals surface area contributed by atoms with E-state index in [4.69, 9.17) is 23.2 Å². The third-order valence-electron chi connectivity index (χ3n) is 5.51. The average Bonchev–Trinajstić information content (AvgIpc) is 2.90. The second kappa shape index (κ2) is 6.08. The number of likely N-dealkylation sites (tertiary alicyclic amines) is 1. The first-order valence-corrected chi connectivity index (χ1v) is 8.59. The monoisotopic (exact) mass is 327 g/mol. The maximum Gasteiger partial charge on any atom is 0.0595 e. The lowest BCUT2D eigenvalue weighted by atomic mass is 9.61. The Morgan fingerprint density at radius 2 is 1.86 bits per heavy atom. The molecule has 2 aliphatic rings. The highest BCUT2D eigenvalue weighted by atomic mass is 35.5. The molecule has 0 aromatic heterocycles. The minimum Gasteiger partial charge on any atom is -0.393 e. The van der Waals surface area contributed by atoms with Crippen LogP contribution in [0.3, 0.4) is 0 Å². The van der Waals surface area contributed by atoms with Gasteiger partial charge in [0.05, 0.1) is 16.1 Å². The fraction of sp³-hybridized carbons (Fsp3) is 0.647. The van der Waals surface area contributed by atoms with Gasteiger partial charge in [0.1, 0.15) is 0 Å². The number of hydrogen-bond donors (Lipinski definition) is 1. The molecule has 0 amide bonds. The van der Waals surface area contributed by atoms with E-state index in [-0.39, 0.29) is 11.5 Å². The molecular weight excluding hydrogens is 305 g/mol. The van der Waals surface area contributed by atoms with Crippen molar-refractivity contribution in [3.8, 4) is 0 Å². The lowest BCUT2D eigenvalue weighted by Crippen LogP contribution is -2.41. The number of hydrogen-bond acceptors (Lipinski definition) is 2. The van der Waals surface area contributed by atoms with Crippen molar-refractivity contribution in [3.05, 3.63) is 33.8 Å². The van der Waals surface area contributed by atoms with E-state index in [0.29, 0.717) is 16.0 Å². The van der Waals surface area contributed by atoms with Crippen LogP contribution < -0.4 is 0 Å². The van der Waals surface area contributed by atoms with Gasteiger partial charge in [-0.2, -0.15) is 0 Å². The molecule has 1 aromatic carbocycles. The smallest absolute Gasteiger partial charge is 0.0595 e. The first-order chi connectivity index (χ1) is 10.0. The summed E-state index contributed by atoms with van der Waals surface area (Å²) < 4.78 is 0. The van der Waals surface area contributed by atoms with Gasteiger partial charge in [-0.3, -0.25) is 0 Å². The van der Waals surface area contributed by atoms with Crippen LogP contribution >= 0.6 is 23.2 Å². The van der Waals surface area contributed by atoms with E-state index in [2.05, 4.69) is 24.1 Å². The fourth-order valence-electron chi connectivity index (χ4n) is 4.24. The zero-order chi connectivity index (χ0) is 15.0. The second-order valence-corrected chi connectivity index (χ2v) is 7.58.